The molecule has 1 heterocycles. The minimum atomic E-state index is -0.428. The van der Waals surface area contributed by atoms with E-state index in [0.717, 1.165) is 6.42 Å². The third-order valence-corrected chi connectivity index (χ3v) is 5.19. The van der Waals surface area contributed by atoms with Crippen LogP contribution >= 0.6 is 0 Å². The molecule has 122 valence electrons. The molecule has 1 amide bonds. The third-order valence-electron chi connectivity index (χ3n) is 5.19. The Hall–Kier alpha value is -2.10. The van der Waals surface area contributed by atoms with Gasteiger partial charge in [0.15, 0.2) is 0 Å². The van der Waals surface area contributed by atoms with Gasteiger partial charge in [-0.15, -0.1) is 0 Å². The number of hydrogen-bond acceptors (Lipinski definition) is 3. The van der Waals surface area contributed by atoms with E-state index in [1.54, 1.807) is 17.0 Å². The van der Waals surface area contributed by atoms with Crippen molar-refractivity contribution in [1.29, 1.82) is 0 Å². The van der Waals surface area contributed by atoms with Gasteiger partial charge in [0.1, 0.15) is 11.5 Å². The van der Waals surface area contributed by atoms with E-state index >= 15 is 0 Å². The number of amides is 1. The van der Waals surface area contributed by atoms with Gasteiger partial charge in [0, 0.05) is 30.3 Å². The van der Waals surface area contributed by atoms with Crippen molar-refractivity contribution in [2.24, 2.45) is 10.8 Å². The first kappa shape index (κ1) is 15.8. The third kappa shape index (κ3) is 2.78. The number of carbonyl (C=O) groups is 2. The highest BCUT2D eigenvalue weighted by atomic mass is 16.6. The molecular weight excluding hydrogens is 290 g/mol. The van der Waals surface area contributed by atoms with Crippen LogP contribution in [0, 0.1) is 10.8 Å². The Balaban J connectivity index is 1.79. The predicted octanol–water partition coefficient (Wildman–Crippen LogP) is 3.82. The Kier molecular flexibility index (Phi) is 3.78. The molecule has 1 saturated carbocycles. The number of rotatable bonds is 1. The van der Waals surface area contributed by atoms with Crippen LogP contribution in [0.5, 0.6) is 5.75 Å². The maximum absolute atomic E-state index is 12.4. The van der Waals surface area contributed by atoms with Crippen LogP contribution in [-0.4, -0.2) is 29.9 Å². The fraction of sp³-hybridized carbons (Fsp3) is 0.474. The van der Waals surface area contributed by atoms with Crippen LogP contribution in [0.3, 0.4) is 0 Å². The summed E-state index contributed by atoms with van der Waals surface area (Å²) < 4.78 is 5.44. The van der Waals surface area contributed by atoms with Crippen LogP contribution in [0.4, 0.5) is 4.79 Å². The Labute approximate surface area is 137 Å². The number of Topliss-reactive ketones (excluding diaryl/α,β-unsaturated/α-hetero) is 1. The summed E-state index contributed by atoms with van der Waals surface area (Å²) in [7, 11) is 0. The number of carbonyl (C=O) groups excluding carboxylic acids is 2. The molecule has 1 aliphatic carbocycles. The number of hydrogen-bond donors (Lipinski definition) is 0. The normalized spacial score (nSPS) is 26.3. The molecule has 0 N–H and O–H groups in total. The Morgan fingerprint density at radius 1 is 1.17 bits per heavy atom. The predicted molar refractivity (Wildman–Crippen MR) is 88.3 cm³/mol. The van der Waals surface area contributed by atoms with Gasteiger partial charge in [0.05, 0.1) is 0 Å². The summed E-state index contributed by atoms with van der Waals surface area (Å²) in [6.07, 6.45) is 3.08. The van der Waals surface area contributed by atoms with Crippen molar-refractivity contribution >= 4 is 11.9 Å². The zero-order chi connectivity index (χ0) is 16.7. The summed E-state index contributed by atoms with van der Waals surface area (Å²) >= 11 is 0. The van der Waals surface area contributed by atoms with E-state index in [0.29, 0.717) is 31.0 Å². The van der Waals surface area contributed by atoms with Gasteiger partial charge in [-0.3, -0.25) is 4.79 Å². The average molecular weight is 313 g/mol. The first-order valence-corrected chi connectivity index (χ1v) is 8.09. The number of ether oxygens (including phenoxy) is 1. The van der Waals surface area contributed by atoms with E-state index in [-0.39, 0.29) is 11.5 Å². The summed E-state index contributed by atoms with van der Waals surface area (Å²) in [5.41, 5.74) is 0.596. The second kappa shape index (κ2) is 5.52. The maximum atomic E-state index is 12.4. The molecule has 0 spiro atoms. The number of ketones is 1. The van der Waals surface area contributed by atoms with Crippen LogP contribution in [0.2, 0.25) is 0 Å². The van der Waals surface area contributed by atoms with Gasteiger partial charge in [-0.1, -0.05) is 36.8 Å². The molecule has 0 aromatic heterocycles. The number of fused-ring (bicyclic) bond motifs is 1. The zero-order valence-corrected chi connectivity index (χ0v) is 14.0. The molecule has 1 atom stereocenters. The topological polar surface area (TPSA) is 46.6 Å². The second-order valence-electron chi connectivity index (χ2n) is 7.29. The molecular formula is C19H23NO3. The van der Waals surface area contributed by atoms with Crippen molar-refractivity contribution in [1.82, 2.24) is 4.90 Å². The maximum Gasteiger partial charge on any atom is 0.415 e. The summed E-state index contributed by atoms with van der Waals surface area (Å²) in [5, 5.41) is 0. The fourth-order valence-electron chi connectivity index (χ4n) is 3.89. The lowest BCUT2D eigenvalue weighted by atomic mass is 9.58. The van der Waals surface area contributed by atoms with Gasteiger partial charge in [0.2, 0.25) is 0 Å². The Morgan fingerprint density at radius 2 is 1.87 bits per heavy atom. The first-order chi connectivity index (χ1) is 10.8. The molecule has 0 radical (unpaired) electrons. The lowest BCUT2D eigenvalue weighted by Crippen LogP contribution is -2.52. The molecule has 1 unspecified atom stereocenters. The average Bonchev–Trinajstić information content (AvgIpc) is 2.52. The van der Waals surface area contributed by atoms with Crippen LogP contribution in [0.25, 0.3) is 0 Å². The highest BCUT2D eigenvalue weighted by molar-refractivity contribution is 5.89. The lowest BCUT2D eigenvalue weighted by molar-refractivity contribution is -0.129. The van der Waals surface area contributed by atoms with Crippen LogP contribution < -0.4 is 4.74 Å². The van der Waals surface area contributed by atoms with Crippen molar-refractivity contribution < 1.29 is 14.3 Å². The SMILES string of the molecule is CC12CCC(=O)C(C)(C)C1=CCN(C(=O)Oc1ccccc1)C2. The van der Waals surface area contributed by atoms with E-state index in [1.807, 2.05) is 38.1 Å². The Morgan fingerprint density at radius 3 is 2.57 bits per heavy atom. The van der Waals surface area contributed by atoms with Crippen LogP contribution in [0.15, 0.2) is 42.0 Å². The number of nitrogens with zero attached hydrogens (tertiary/aromatic N) is 1. The van der Waals surface area contributed by atoms with Crippen molar-refractivity contribution in [2.75, 3.05) is 13.1 Å². The van der Waals surface area contributed by atoms with Gasteiger partial charge < -0.3 is 9.64 Å². The van der Waals surface area contributed by atoms with Crippen LogP contribution in [0.1, 0.15) is 33.6 Å². The summed E-state index contributed by atoms with van der Waals surface area (Å²) in [6.45, 7) is 7.23. The van der Waals surface area contributed by atoms with Crippen molar-refractivity contribution in [3.63, 3.8) is 0 Å². The molecule has 4 nitrogen and oxygen atoms in total. The smallest absolute Gasteiger partial charge is 0.410 e. The van der Waals surface area contributed by atoms with Gasteiger partial charge in [-0.05, 0) is 32.4 Å². The van der Waals surface area contributed by atoms with Gasteiger partial charge in [-0.2, -0.15) is 0 Å². The minimum absolute atomic E-state index is 0.147. The molecule has 2 aliphatic rings. The quantitative estimate of drug-likeness (QED) is 0.740. The molecule has 1 aromatic rings. The van der Waals surface area contributed by atoms with Gasteiger partial charge in [-0.25, -0.2) is 4.79 Å². The lowest BCUT2D eigenvalue weighted by Gasteiger charge is -2.49. The number of para-hydroxylation sites is 1. The highest BCUT2D eigenvalue weighted by Gasteiger charge is 2.49. The van der Waals surface area contributed by atoms with Crippen molar-refractivity contribution in [3.8, 4) is 5.75 Å². The minimum Gasteiger partial charge on any atom is -0.410 e. The standard InChI is InChI=1S/C19H23NO3/c1-18(2)15-10-12-20(13-19(15,3)11-9-16(18)21)17(22)23-14-7-5-4-6-8-14/h4-8,10H,9,11-13H2,1-3H3. The highest BCUT2D eigenvalue weighted by Crippen LogP contribution is 2.50. The second-order valence-corrected chi connectivity index (χ2v) is 7.29. The van der Waals surface area contributed by atoms with Crippen LogP contribution in [-0.2, 0) is 4.79 Å². The molecule has 1 aliphatic heterocycles. The first-order valence-electron chi connectivity index (χ1n) is 8.09. The molecule has 1 aromatic carbocycles. The zero-order valence-electron chi connectivity index (χ0n) is 14.0. The Bertz CT molecular complexity index is 662. The molecule has 4 heteroatoms. The van der Waals surface area contributed by atoms with Crippen molar-refractivity contribution in [2.45, 2.75) is 33.6 Å². The van der Waals surface area contributed by atoms with Crippen molar-refractivity contribution in [3.05, 3.63) is 42.0 Å². The van der Waals surface area contributed by atoms with E-state index in [9.17, 15) is 9.59 Å². The molecule has 3 rings (SSSR count). The summed E-state index contributed by atoms with van der Waals surface area (Å²) in [6, 6.07) is 9.11. The fourth-order valence-corrected chi connectivity index (χ4v) is 3.89. The molecule has 0 bridgehead atoms. The number of benzene rings is 1. The molecule has 23 heavy (non-hydrogen) atoms. The monoisotopic (exact) mass is 313 g/mol. The summed E-state index contributed by atoms with van der Waals surface area (Å²) in [5.74, 6) is 0.845. The largest absolute Gasteiger partial charge is 0.415 e. The summed E-state index contributed by atoms with van der Waals surface area (Å²) in [4.78, 5) is 26.4. The molecule has 1 fully saturated rings. The van der Waals surface area contributed by atoms with Gasteiger partial charge >= 0.3 is 6.09 Å². The van der Waals surface area contributed by atoms with E-state index in [4.69, 9.17) is 4.74 Å². The molecule has 0 saturated heterocycles. The van der Waals surface area contributed by atoms with E-state index in [1.165, 1.54) is 5.57 Å². The van der Waals surface area contributed by atoms with E-state index < -0.39 is 5.41 Å². The van der Waals surface area contributed by atoms with Gasteiger partial charge in [0.25, 0.3) is 0 Å². The van der Waals surface area contributed by atoms with E-state index in [2.05, 4.69) is 6.92 Å².